The Labute approximate surface area is 231 Å². The Morgan fingerprint density at radius 1 is 1.13 bits per heavy atom. The van der Waals surface area contributed by atoms with E-state index in [1.54, 1.807) is 7.11 Å². The van der Waals surface area contributed by atoms with Crippen LogP contribution in [0.5, 0.6) is 0 Å². The van der Waals surface area contributed by atoms with E-state index in [9.17, 15) is 4.79 Å². The molecule has 10 nitrogen and oxygen atoms in total. The van der Waals surface area contributed by atoms with Crippen LogP contribution in [-0.4, -0.2) is 83.4 Å². The van der Waals surface area contributed by atoms with Gasteiger partial charge >= 0.3 is 5.97 Å². The predicted molar refractivity (Wildman–Crippen MR) is 157 cm³/mol. The number of methoxy groups -OCH3 is 1. The third-order valence-corrected chi connectivity index (χ3v) is 6.72. The lowest BCUT2D eigenvalue weighted by atomic mass is 10.1. The highest BCUT2D eigenvalue weighted by Crippen LogP contribution is 2.29. The smallest absolute Gasteiger partial charge is 0.303 e. The van der Waals surface area contributed by atoms with Crippen LogP contribution in [0.1, 0.15) is 45.2 Å². The molecule has 0 atom stereocenters. The van der Waals surface area contributed by atoms with Crippen molar-refractivity contribution in [2.45, 2.75) is 52.0 Å². The van der Waals surface area contributed by atoms with Crippen molar-refractivity contribution in [3.05, 3.63) is 48.4 Å². The van der Waals surface area contributed by atoms with Crippen LogP contribution in [0, 0.1) is 0 Å². The number of para-hydroxylation sites is 1. The molecule has 1 aliphatic rings. The van der Waals surface area contributed by atoms with Gasteiger partial charge in [-0.3, -0.25) is 4.79 Å². The Kier molecular flexibility index (Phi) is 12.2. The lowest BCUT2D eigenvalue weighted by molar-refractivity contribution is -0.137. The number of aryl methyl sites for hydroxylation is 1. The van der Waals surface area contributed by atoms with Gasteiger partial charge in [-0.15, -0.1) is 0 Å². The lowest BCUT2D eigenvalue weighted by Gasteiger charge is -2.34. The molecule has 39 heavy (non-hydrogen) atoms. The molecule has 4 N–H and O–H groups in total. The minimum Gasteiger partial charge on any atom is -0.481 e. The molecular weight excluding hydrogens is 494 g/mol. The molecule has 0 bridgehead atoms. The molecule has 0 unspecified atom stereocenters. The van der Waals surface area contributed by atoms with Crippen LogP contribution >= 0.6 is 0 Å². The summed E-state index contributed by atoms with van der Waals surface area (Å²) < 4.78 is 5.17. The highest BCUT2D eigenvalue weighted by Gasteiger charge is 2.20. The van der Waals surface area contributed by atoms with Gasteiger partial charge in [-0.1, -0.05) is 12.1 Å². The summed E-state index contributed by atoms with van der Waals surface area (Å²) in [5, 5.41) is 13.2. The highest BCUT2D eigenvalue weighted by atomic mass is 16.5. The van der Waals surface area contributed by atoms with E-state index in [1.165, 1.54) is 12.0 Å². The summed E-state index contributed by atoms with van der Waals surface area (Å²) >= 11 is 0. The Bertz CT molecular complexity index is 1170. The number of carbonyl (C=O) groups is 1. The molecule has 2 aromatic heterocycles. The number of nitrogens with one attached hydrogen (secondary N) is 1. The number of carboxylic acids is 1. The number of nitrogens with two attached hydrogens (primary N) is 1. The molecule has 0 saturated carbocycles. The number of carboxylic acid groups (broad SMARTS) is 1. The summed E-state index contributed by atoms with van der Waals surface area (Å²) in [4.78, 5) is 28.2. The van der Waals surface area contributed by atoms with Gasteiger partial charge in [0, 0.05) is 50.3 Å². The monoisotopic (exact) mass is 537 g/mol. The molecule has 0 spiro atoms. The summed E-state index contributed by atoms with van der Waals surface area (Å²) in [6, 6.07) is 12.5. The number of benzene rings is 1. The van der Waals surface area contributed by atoms with E-state index in [4.69, 9.17) is 20.6 Å². The molecule has 3 aromatic rings. The molecule has 1 aliphatic heterocycles. The number of aliphatic carboxylic acids is 1. The molecule has 0 amide bonds. The SMILES string of the molecule is COCCN(CCCCc1ccc2c(n1)NCCN2C(C)C)CCCC(=O)O.Nc1ncnc2ccccc12. The number of nitrogen functional groups attached to an aromatic ring is 1. The van der Waals surface area contributed by atoms with Gasteiger partial charge in [-0.25, -0.2) is 15.0 Å². The Balaban J connectivity index is 0.000000314. The van der Waals surface area contributed by atoms with Crippen molar-refractivity contribution >= 4 is 34.2 Å². The number of nitrogens with zero attached hydrogens (tertiary/aromatic N) is 5. The molecule has 0 saturated heterocycles. The minimum atomic E-state index is -0.727. The molecule has 4 rings (SSSR count). The third kappa shape index (κ3) is 9.63. The Hall–Kier alpha value is -3.50. The van der Waals surface area contributed by atoms with Gasteiger partial charge in [0.05, 0.1) is 17.8 Å². The van der Waals surface area contributed by atoms with Crippen LogP contribution in [0.2, 0.25) is 0 Å². The fourth-order valence-electron chi connectivity index (χ4n) is 4.62. The van der Waals surface area contributed by atoms with E-state index in [1.807, 2.05) is 24.3 Å². The van der Waals surface area contributed by atoms with Crippen molar-refractivity contribution in [2.24, 2.45) is 0 Å². The van der Waals surface area contributed by atoms with Crippen molar-refractivity contribution in [3.8, 4) is 0 Å². The van der Waals surface area contributed by atoms with Crippen molar-refractivity contribution in [1.82, 2.24) is 19.9 Å². The van der Waals surface area contributed by atoms with Crippen LogP contribution in [0.25, 0.3) is 10.9 Å². The van der Waals surface area contributed by atoms with Gasteiger partial charge in [0.25, 0.3) is 0 Å². The first-order valence-electron chi connectivity index (χ1n) is 13.8. The third-order valence-electron chi connectivity index (χ3n) is 6.72. The zero-order valence-electron chi connectivity index (χ0n) is 23.5. The maximum atomic E-state index is 10.7. The summed E-state index contributed by atoms with van der Waals surface area (Å²) in [6.07, 6.45) is 5.48. The molecule has 0 fully saturated rings. The largest absolute Gasteiger partial charge is 0.481 e. The average molecular weight is 538 g/mol. The number of hydrogen-bond acceptors (Lipinski definition) is 9. The standard InChI is InChI=1S/C21H36N4O3.C8H7N3/c1-17(2)25-14-11-22-21-19(25)10-9-18(23-21)7-4-5-12-24(15-16-28-3)13-6-8-20(26)27;9-8-6-3-1-2-4-7(6)10-5-11-8/h9-10,17H,4-8,11-16H2,1-3H3,(H,22,23)(H,26,27);1-5H,(H2,9,10,11). The van der Waals surface area contributed by atoms with Crippen LogP contribution in [0.3, 0.4) is 0 Å². The number of anilines is 3. The quantitative estimate of drug-likeness (QED) is 0.274. The Morgan fingerprint density at radius 3 is 2.67 bits per heavy atom. The summed E-state index contributed by atoms with van der Waals surface area (Å²) in [7, 11) is 1.70. The maximum Gasteiger partial charge on any atom is 0.303 e. The number of hydrogen-bond donors (Lipinski definition) is 3. The summed E-state index contributed by atoms with van der Waals surface area (Å²) in [5.41, 5.74) is 8.83. The fourth-order valence-corrected chi connectivity index (χ4v) is 4.62. The van der Waals surface area contributed by atoms with E-state index in [0.29, 0.717) is 24.9 Å². The van der Waals surface area contributed by atoms with E-state index >= 15 is 0 Å². The van der Waals surface area contributed by atoms with Crippen LogP contribution in [-0.2, 0) is 16.0 Å². The first kappa shape index (κ1) is 30.0. The van der Waals surface area contributed by atoms with Gasteiger partial charge in [-0.2, -0.15) is 0 Å². The van der Waals surface area contributed by atoms with Crippen LogP contribution < -0.4 is 16.0 Å². The number of fused-ring (bicyclic) bond motifs is 2. The number of ether oxygens (including phenoxy) is 1. The number of unbranched alkanes of at least 4 members (excludes halogenated alkanes) is 1. The van der Waals surface area contributed by atoms with Crippen molar-refractivity contribution < 1.29 is 14.6 Å². The molecule has 10 heteroatoms. The first-order chi connectivity index (χ1) is 18.9. The van der Waals surface area contributed by atoms with Gasteiger partial charge in [0.2, 0.25) is 0 Å². The number of aromatic nitrogens is 3. The first-order valence-corrected chi connectivity index (χ1v) is 13.8. The molecular formula is C29H43N7O3. The van der Waals surface area contributed by atoms with Crippen LogP contribution in [0.4, 0.5) is 17.3 Å². The highest BCUT2D eigenvalue weighted by molar-refractivity contribution is 5.87. The van der Waals surface area contributed by atoms with Crippen LogP contribution in [0.15, 0.2) is 42.7 Å². The Morgan fingerprint density at radius 2 is 1.92 bits per heavy atom. The topological polar surface area (TPSA) is 130 Å². The number of pyridine rings is 1. The second-order valence-electron chi connectivity index (χ2n) is 9.95. The lowest BCUT2D eigenvalue weighted by Crippen LogP contribution is -2.39. The van der Waals surface area contributed by atoms with E-state index < -0.39 is 5.97 Å². The summed E-state index contributed by atoms with van der Waals surface area (Å²) in [5.74, 6) is 0.818. The zero-order valence-corrected chi connectivity index (χ0v) is 23.5. The predicted octanol–water partition coefficient (Wildman–Crippen LogP) is 4.07. The van der Waals surface area contributed by atoms with Crippen molar-refractivity contribution in [2.75, 3.05) is 62.4 Å². The van der Waals surface area contributed by atoms with E-state index in [-0.39, 0.29) is 6.42 Å². The molecule has 212 valence electrons. The number of rotatable bonds is 13. The van der Waals surface area contributed by atoms with E-state index in [0.717, 1.165) is 74.4 Å². The molecule has 0 radical (unpaired) electrons. The van der Waals surface area contributed by atoms with Gasteiger partial charge in [0.1, 0.15) is 18.0 Å². The second kappa shape index (κ2) is 15.8. The van der Waals surface area contributed by atoms with Crippen molar-refractivity contribution in [1.29, 1.82) is 0 Å². The minimum absolute atomic E-state index is 0.225. The summed E-state index contributed by atoms with van der Waals surface area (Å²) in [6.45, 7) is 9.69. The fraction of sp³-hybridized carbons (Fsp3) is 0.517. The zero-order chi connectivity index (χ0) is 28.0. The van der Waals surface area contributed by atoms with Gasteiger partial charge in [0.15, 0.2) is 0 Å². The molecule has 3 heterocycles. The van der Waals surface area contributed by atoms with Gasteiger partial charge < -0.3 is 30.7 Å². The molecule has 0 aliphatic carbocycles. The maximum absolute atomic E-state index is 10.7. The normalized spacial score (nSPS) is 12.7. The average Bonchev–Trinajstić information content (AvgIpc) is 2.93. The van der Waals surface area contributed by atoms with E-state index in [2.05, 4.69) is 51.1 Å². The second-order valence-corrected chi connectivity index (χ2v) is 9.95. The van der Waals surface area contributed by atoms with Gasteiger partial charge in [-0.05, 0) is 76.9 Å². The van der Waals surface area contributed by atoms with Crippen molar-refractivity contribution in [3.63, 3.8) is 0 Å². The molecule has 1 aromatic carbocycles.